The molecule has 0 aliphatic rings. The van der Waals surface area contributed by atoms with Gasteiger partial charge in [-0.3, -0.25) is 15.0 Å². The quantitative estimate of drug-likeness (QED) is 0.884. The Hall–Kier alpha value is -2.37. The summed E-state index contributed by atoms with van der Waals surface area (Å²) in [5.41, 5.74) is 6.86. The second kappa shape index (κ2) is 7.76. The average molecular weight is 332 g/mol. The summed E-state index contributed by atoms with van der Waals surface area (Å²) in [6.07, 6.45) is 0. The van der Waals surface area contributed by atoms with E-state index in [4.69, 9.17) is 17.3 Å². The van der Waals surface area contributed by atoms with Gasteiger partial charge in [-0.25, -0.2) is 4.79 Å². The molecule has 2 aromatic rings. The predicted octanol–water partition coefficient (Wildman–Crippen LogP) is 2.71. The molecule has 0 aliphatic carbocycles. The lowest BCUT2D eigenvalue weighted by atomic mass is 10.0. The number of amides is 3. The Balaban J connectivity index is 2.23. The van der Waals surface area contributed by atoms with E-state index in [1.54, 1.807) is 12.1 Å². The summed E-state index contributed by atoms with van der Waals surface area (Å²) in [5, 5.41) is 2.81. The first kappa shape index (κ1) is 17.0. The van der Waals surface area contributed by atoms with Gasteiger partial charge in [-0.05, 0) is 30.3 Å². The van der Waals surface area contributed by atoms with Crippen LogP contribution < -0.4 is 11.1 Å². The van der Waals surface area contributed by atoms with Crippen LogP contribution in [-0.2, 0) is 11.3 Å². The zero-order valence-electron chi connectivity index (χ0n) is 12.7. The van der Waals surface area contributed by atoms with E-state index in [1.165, 1.54) is 0 Å². The number of hydrogen-bond donors (Lipinski definition) is 2. The first-order valence-corrected chi connectivity index (χ1v) is 7.45. The number of urea groups is 1. The van der Waals surface area contributed by atoms with E-state index < -0.39 is 18.0 Å². The number of nitrogens with one attached hydrogen (secondary N) is 1. The molecule has 2 aromatic carbocycles. The number of benzene rings is 2. The molecule has 23 heavy (non-hydrogen) atoms. The molecule has 0 heterocycles. The maximum absolute atomic E-state index is 12.4. The van der Waals surface area contributed by atoms with Crippen LogP contribution in [0.1, 0.15) is 17.2 Å². The molecule has 3 amide bonds. The number of primary amides is 1. The van der Waals surface area contributed by atoms with E-state index in [0.29, 0.717) is 11.6 Å². The fourth-order valence-corrected chi connectivity index (χ4v) is 2.53. The van der Waals surface area contributed by atoms with Crippen molar-refractivity contribution in [1.82, 2.24) is 10.2 Å². The highest BCUT2D eigenvalue weighted by atomic mass is 35.5. The Morgan fingerprint density at radius 3 is 2.30 bits per heavy atom. The molecule has 0 fully saturated rings. The lowest BCUT2D eigenvalue weighted by molar-refractivity contribution is -0.125. The molecule has 0 aromatic heterocycles. The van der Waals surface area contributed by atoms with E-state index in [-0.39, 0.29) is 0 Å². The van der Waals surface area contributed by atoms with Gasteiger partial charge in [0.1, 0.15) is 6.04 Å². The van der Waals surface area contributed by atoms with Crippen molar-refractivity contribution in [3.63, 3.8) is 0 Å². The minimum Gasteiger partial charge on any atom is -0.351 e. The van der Waals surface area contributed by atoms with Crippen LogP contribution in [0.2, 0.25) is 5.02 Å². The van der Waals surface area contributed by atoms with Gasteiger partial charge in [0.2, 0.25) is 5.91 Å². The Morgan fingerprint density at radius 2 is 1.74 bits per heavy atom. The molecule has 5 nitrogen and oxygen atoms in total. The molecule has 0 radical (unpaired) electrons. The summed E-state index contributed by atoms with van der Waals surface area (Å²) in [7, 11) is 1.81. The highest BCUT2D eigenvalue weighted by molar-refractivity contribution is 6.30. The second-order valence-electron chi connectivity index (χ2n) is 5.21. The van der Waals surface area contributed by atoms with Crippen molar-refractivity contribution in [2.75, 3.05) is 7.05 Å². The number of imide groups is 1. The average Bonchev–Trinajstić information content (AvgIpc) is 2.50. The fourth-order valence-electron chi connectivity index (χ4n) is 2.40. The van der Waals surface area contributed by atoms with Crippen LogP contribution in [0.25, 0.3) is 0 Å². The topological polar surface area (TPSA) is 75.4 Å². The molecule has 1 atom stereocenters. The van der Waals surface area contributed by atoms with Crippen LogP contribution in [0.15, 0.2) is 54.6 Å². The number of nitrogens with zero attached hydrogens (tertiary/aromatic N) is 1. The summed E-state index contributed by atoms with van der Waals surface area (Å²) >= 11 is 5.89. The smallest absolute Gasteiger partial charge is 0.318 e. The standard InChI is InChI=1S/C17H18ClN3O2/c1-21(11-12-7-9-14(18)10-8-12)15(16(22)20-17(19)23)13-5-3-2-4-6-13/h2-10,15H,11H2,1H3,(H3,19,20,22,23)/t15-/m1/s1. The maximum atomic E-state index is 12.4. The Labute approximate surface area is 140 Å². The van der Waals surface area contributed by atoms with E-state index in [0.717, 1.165) is 11.1 Å². The number of likely N-dealkylation sites (N-methyl/N-ethyl adjacent to an activating group) is 1. The van der Waals surface area contributed by atoms with Gasteiger partial charge in [0.05, 0.1) is 0 Å². The van der Waals surface area contributed by atoms with E-state index >= 15 is 0 Å². The molecular weight excluding hydrogens is 314 g/mol. The van der Waals surface area contributed by atoms with Gasteiger partial charge in [-0.15, -0.1) is 0 Å². The summed E-state index contributed by atoms with van der Waals surface area (Å²) in [4.78, 5) is 25.2. The highest BCUT2D eigenvalue weighted by Crippen LogP contribution is 2.22. The third-order valence-electron chi connectivity index (χ3n) is 3.40. The van der Waals surface area contributed by atoms with Crippen molar-refractivity contribution in [3.05, 3.63) is 70.7 Å². The fraction of sp³-hybridized carbons (Fsp3) is 0.176. The molecular formula is C17H18ClN3O2. The minimum atomic E-state index is -0.865. The van der Waals surface area contributed by atoms with Crippen molar-refractivity contribution in [1.29, 1.82) is 0 Å². The van der Waals surface area contributed by atoms with Crippen LogP contribution in [0, 0.1) is 0 Å². The van der Waals surface area contributed by atoms with Gasteiger partial charge in [0.15, 0.2) is 0 Å². The minimum absolute atomic E-state index is 0.458. The molecule has 6 heteroatoms. The van der Waals surface area contributed by atoms with Crippen molar-refractivity contribution in [2.45, 2.75) is 12.6 Å². The molecule has 2 rings (SSSR count). The number of hydrogen-bond acceptors (Lipinski definition) is 3. The second-order valence-corrected chi connectivity index (χ2v) is 5.64. The van der Waals surface area contributed by atoms with Crippen LogP contribution in [0.5, 0.6) is 0 Å². The van der Waals surface area contributed by atoms with Crippen molar-refractivity contribution in [3.8, 4) is 0 Å². The van der Waals surface area contributed by atoms with Gasteiger partial charge in [-0.2, -0.15) is 0 Å². The third kappa shape index (κ3) is 4.81. The molecule has 0 bridgehead atoms. The largest absolute Gasteiger partial charge is 0.351 e. The van der Waals surface area contributed by atoms with Crippen LogP contribution in [-0.4, -0.2) is 23.9 Å². The summed E-state index contributed by atoms with van der Waals surface area (Å²) in [6, 6.07) is 15.1. The molecule has 0 saturated carbocycles. The maximum Gasteiger partial charge on any atom is 0.318 e. The number of halogens is 1. The van der Waals surface area contributed by atoms with E-state index in [2.05, 4.69) is 5.32 Å². The highest BCUT2D eigenvalue weighted by Gasteiger charge is 2.26. The molecule has 0 unspecified atom stereocenters. The van der Waals surface area contributed by atoms with Crippen molar-refractivity contribution < 1.29 is 9.59 Å². The lowest BCUT2D eigenvalue weighted by Gasteiger charge is -2.27. The van der Waals surface area contributed by atoms with Crippen LogP contribution in [0.4, 0.5) is 4.79 Å². The Bertz CT molecular complexity index is 674. The van der Waals surface area contributed by atoms with Gasteiger partial charge in [0.25, 0.3) is 0 Å². The molecule has 0 spiro atoms. The molecule has 0 aliphatic heterocycles. The zero-order chi connectivity index (χ0) is 16.8. The first-order chi connectivity index (χ1) is 11.0. The number of carbonyl (C=O) groups is 2. The molecule has 0 saturated heterocycles. The van der Waals surface area contributed by atoms with E-state index in [9.17, 15) is 9.59 Å². The van der Waals surface area contributed by atoms with Gasteiger partial charge < -0.3 is 5.73 Å². The number of rotatable bonds is 5. The van der Waals surface area contributed by atoms with Gasteiger partial charge in [-0.1, -0.05) is 54.1 Å². The van der Waals surface area contributed by atoms with E-state index in [1.807, 2.05) is 54.4 Å². The SMILES string of the molecule is CN(Cc1ccc(Cl)cc1)[C@@H](C(=O)NC(N)=O)c1ccccc1. The van der Waals surface area contributed by atoms with Crippen LogP contribution in [0.3, 0.4) is 0 Å². The Kier molecular flexibility index (Phi) is 5.73. The zero-order valence-corrected chi connectivity index (χ0v) is 13.5. The first-order valence-electron chi connectivity index (χ1n) is 7.07. The monoisotopic (exact) mass is 331 g/mol. The van der Waals surface area contributed by atoms with Crippen molar-refractivity contribution >= 4 is 23.5 Å². The summed E-state index contributed by atoms with van der Waals surface area (Å²) in [6.45, 7) is 0.517. The number of carbonyl (C=O) groups excluding carboxylic acids is 2. The van der Waals surface area contributed by atoms with Crippen molar-refractivity contribution in [2.24, 2.45) is 5.73 Å². The van der Waals surface area contributed by atoms with Gasteiger partial charge in [0, 0.05) is 11.6 Å². The molecule has 3 N–H and O–H groups in total. The lowest BCUT2D eigenvalue weighted by Crippen LogP contribution is -2.43. The normalized spacial score (nSPS) is 12.0. The molecule has 120 valence electrons. The van der Waals surface area contributed by atoms with Gasteiger partial charge >= 0.3 is 6.03 Å². The Morgan fingerprint density at radius 1 is 1.13 bits per heavy atom. The summed E-state index contributed by atoms with van der Waals surface area (Å²) in [5.74, 6) is -0.458. The number of nitrogens with two attached hydrogens (primary N) is 1. The van der Waals surface area contributed by atoms with Crippen LogP contribution >= 0.6 is 11.6 Å². The third-order valence-corrected chi connectivity index (χ3v) is 3.65. The predicted molar refractivity (Wildman–Crippen MR) is 89.8 cm³/mol. The summed E-state index contributed by atoms with van der Waals surface area (Å²) < 4.78 is 0.